The summed E-state index contributed by atoms with van der Waals surface area (Å²) in [7, 11) is 0. The van der Waals surface area contributed by atoms with Gasteiger partial charge in [0.15, 0.2) is 11.5 Å². The second-order valence-electron chi connectivity index (χ2n) is 12.3. The zero-order valence-corrected chi connectivity index (χ0v) is 25.6. The van der Waals surface area contributed by atoms with Crippen LogP contribution in [-0.2, 0) is 0 Å². The topological polar surface area (TPSA) is 105 Å². The highest BCUT2D eigenvalue weighted by atomic mass is 19.1. The summed E-state index contributed by atoms with van der Waals surface area (Å²) in [6, 6.07) is 14.9. The number of rotatable bonds is 9. The van der Waals surface area contributed by atoms with Gasteiger partial charge in [-0.3, -0.25) is 15.0 Å². The number of nitrogens with one attached hydrogen (secondary N) is 2. The zero-order valence-electron chi connectivity index (χ0n) is 25.6. The third-order valence-corrected chi connectivity index (χ3v) is 9.13. The number of hydrogen-bond donors (Lipinski definition) is 2. The van der Waals surface area contributed by atoms with Gasteiger partial charge in [-0.15, -0.1) is 0 Å². The minimum atomic E-state index is -0.358. The van der Waals surface area contributed by atoms with Crippen molar-refractivity contribution in [1.29, 1.82) is 0 Å². The van der Waals surface area contributed by atoms with Crippen LogP contribution in [0.15, 0.2) is 67.1 Å². The molecule has 0 radical (unpaired) electrons. The van der Waals surface area contributed by atoms with Crippen LogP contribution in [0.25, 0.3) is 55.8 Å². The first-order valence-electron chi connectivity index (χ1n) is 16.3. The van der Waals surface area contributed by atoms with Gasteiger partial charge in [0.25, 0.3) is 0 Å². The smallest absolute Gasteiger partial charge is 0.160 e. The minimum absolute atomic E-state index is 0.256. The van der Waals surface area contributed by atoms with Gasteiger partial charge in [0.2, 0.25) is 0 Å². The highest BCUT2D eigenvalue weighted by Crippen LogP contribution is 2.35. The van der Waals surface area contributed by atoms with E-state index in [1.54, 1.807) is 12.4 Å². The molecule has 0 unspecified atom stereocenters. The fourth-order valence-electron chi connectivity index (χ4n) is 6.75. The average Bonchev–Trinajstić information content (AvgIpc) is 3.85. The van der Waals surface area contributed by atoms with Gasteiger partial charge in [0, 0.05) is 41.5 Å². The van der Waals surface area contributed by atoms with Crippen molar-refractivity contribution in [3.05, 3.63) is 72.9 Å². The molecular formula is C36H36FN7O2. The number of halogens is 1. The number of pyridine rings is 2. The lowest BCUT2D eigenvalue weighted by atomic mass is 9.98. The van der Waals surface area contributed by atoms with Gasteiger partial charge >= 0.3 is 0 Å². The first-order chi connectivity index (χ1) is 22.7. The lowest BCUT2D eigenvalue weighted by Gasteiger charge is -2.23. The summed E-state index contributed by atoms with van der Waals surface area (Å²) in [5, 5.41) is 8.67. The average molecular weight is 618 g/mol. The molecule has 5 heterocycles. The number of ether oxygens (including phenoxy) is 2. The molecule has 2 N–H and O–H groups in total. The lowest BCUT2D eigenvalue weighted by molar-refractivity contribution is 0.154. The Balaban J connectivity index is 1.08. The Morgan fingerprint density at radius 1 is 0.870 bits per heavy atom. The summed E-state index contributed by atoms with van der Waals surface area (Å²) in [6.45, 7) is 3.55. The molecule has 234 valence electrons. The number of benzene rings is 2. The molecule has 2 aliphatic rings. The molecule has 1 saturated carbocycles. The second-order valence-corrected chi connectivity index (χ2v) is 12.3. The van der Waals surface area contributed by atoms with Crippen LogP contribution in [0.1, 0.15) is 44.9 Å². The molecule has 6 aromatic rings. The summed E-state index contributed by atoms with van der Waals surface area (Å²) in [6.07, 6.45) is 14.0. The molecule has 2 fully saturated rings. The Hall–Kier alpha value is -4.83. The Labute approximate surface area is 266 Å². The quantitative estimate of drug-likeness (QED) is 0.173. The molecule has 1 aliphatic heterocycles. The lowest BCUT2D eigenvalue weighted by Crippen LogP contribution is -2.25. The Morgan fingerprint density at radius 3 is 2.63 bits per heavy atom. The van der Waals surface area contributed by atoms with E-state index >= 15 is 0 Å². The molecule has 1 saturated heterocycles. The van der Waals surface area contributed by atoms with Crippen LogP contribution in [0.4, 0.5) is 4.39 Å². The monoisotopic (exact) mass is 617 g/mol. The van der Waals surface area contributed by atoms with E-state index in [1.807, 2.05) is 24.4 Å². The number of aromatic amines is 2. The van der Waals surface area contributed by atoms with Crippen LogP contribution in [0.3, 0.4) is 0 Å². The van der Waals surface area contributed by atoms with Gasteiger partial charge in [0.05, 0.1) is 17.8 Å². The van der Waals surface area contributed by atoms with Crippen molar-refractivity contribution in [2.45, 2.75) is 51.0 Å². The summed E-state index contributed by atoms with van der Waals surface area (Å²) in [5.41, 5.74) is 6.21. The van der Waals surface area contributed by atoms with Gasteiger partial charge in [-0.2, -0.15) is 5.10 Å². The van der Waals surface area contributed by atoms with Crippen LogP contribution in [0.5, 0.6) is 11.5 Å². The van der Waals surface area contributed by atoms with E-state index in [1.165, 1.54) is 44.2 Å². The Kier molecular flexibility index (Phi) is 7.79. The third kappa shape index (κ3) is 5.92. The normalized spacial score (nSPS) is 16.0. The van der Waals surface area contributed by atoms with Crippen molar-refractivity contribution in [3.8, 4) is 45.3 Å². The van der Waals surface area contributed by atoms with Crippen LogP contribution < -0.4 is 9.47 Å². The number of imidazole rings is 1. The van der Waals surface area contributed by atoms with Gasteiger partial charge in [-0.25, -0.2) is 14.4 Å². The second kappa shape index (κ2) is 12.5. The van der Waals surface area contributed by atoms with Gasteiger partial charge in [-0.05, 0) is 99.1 Å². The van der Waals surface area contributed by atoms with Crippen molar-refractivity contribution in [1.82, 2.24) is 35.0 Å². The molecule has 0 bridgehead atoms. The standard InChI is InChI=1S/C36H36FN7O2/c37-26-16-24(17-28(20-26)45-15-14-44-12-4-5-13-44)30-10-11-39-35-33(30)40-36(41-35)34-31-19-23(8-9-32(31)42-43-34)25-18-29(22-38-21-25)46-27-6-2-1-3-7-27/h8-11,16-22,27H,1-7,12-15H2,(H,42,43)(H,39,40,41). The maximum Gasteiger partial charge on any atom is 0.160 e. The van der Waals surface area contributed by atoms with E-state index in [9.17, 15) is 4.39 Å². The number of aromatic nitrogens is 6. The summed E-state index contributed by atoms with van der Waals surface area (Å²) >= 11 is 0. The van der Waals surface area contributed by atoms with E-state index < -0.39 is 0 Å². The molecule has 9 nitrogen and oxygen atoms in total. The Morgan fingerprint density at radius 2 is 1.74 bits per heavy atom. The van der Waals surface area contributed by atoms with Crippen LogP contribution in [-0.4, -0.2) is 67.4 Å². The van der Waals surface area contributed by atoms with Gasteiger partial charge in [0.1, 0.15) is 35.1 Å². The number of likely N-dealkylation sites (tertiary alicyclic amines) is 1. The molecule has 0 spiro atoms. The SMILES string of the molecule is Fc1cc(OCCN2CCCC2)cc(-c2ccnc3[nH]c(-c4n[nH]c5ccc(-c6cncc(OC7CCCCC7)c6)cc45)nc23)c1. The van der Waals surface area contributed by atoms with Crippen molar-refractivity contribution in [2.24, 2.45) is 0 Å². The number of nitrogens with zero attached hydrogens (tertiary/aromatic N) is 5. The minimum Gasteiger partial charge on any atom is -0.492 e. The van der Waals surface area contributed by atoms with E-state index in [4.69, 9.17) is 14.5 Å². The van der Waals surface area contributed by atoms with E-state index in [2.05, 4.69) is 48.2 Å². The summed E-state index contributed by atoms with van der Waals surface area (Å²) < 4.78 is 27.1. The van der Waals surface area contributed by atoms with E-state index in [0.29, 0.717) is 40.6 Å². The maximum absolute atomic E-state index is 14.8. The first-order valence-corrected chi connectivity index (χ1v) is 16.3. The molecule has 1 aliphatic carbocycles. The maximum atomic E-state index is 14.8. The summed E-state index contributed by atoms with van der Waals surface area (Å²) in [5.74, 6) is 1.51. The van der Waals surface area contributed by atoms with Crippen LogP contribution in [0, 0.1) is 5.82 Å². The first kappa shape index (κ1) is 28.6. The molecule has 0 atom stereocenters. The third-order valence-electron chi connectivity index (χ3n) is 9.13. The van der Waals surface area contributed by atoms with Crippen molar-refractivity contribution in [2.75, 3.05) is 26.2 Å². The van der Waals surface area contributed by atoms with Crippen LogP contribution >= 0.6 is 0 Å². The Bertz CT molecular complexity index is 1990. The van der Waals surface area contributed by atoms with Crippen LogP contribution in [0.2, 0.25) is 0 Å². The zero-order chi connectivity index (χ0) is 30.9. The molecule has 4 aromatic heterocycles. The fourth-order valence-corrected chi connectivity index (χ4v) is 6.75. The van der Waals surface area contributed by atoms with Gasteiger partial charge < -0.3 is 14.5 Å². The molecular weight excluding hydrogens is 581 g/mol. The predicted molar refractivity (Wildman–Crippen MR) is 176 cm³/mol. The fraction of sp³-hybridized carbons (Fsp3) is 0.333. The highest BCUT2D eigenvalue weighted by Gasteiger charge is 2.19. The van der Waals surface area contributed by atoms with Crippen molar-refractivity contribution >= 4 is 22.1 Å². The molecule has 8 rings (SSSR count). The van der Waals surface area contributed by atoms with Crippen molar-refractivity contribution in [3.63, 3.8) is 0 Å². The number of fused-ring (bicyclic) bond motifs is 2. The molecule has 10 heteroatoms. The largest absolute Gasteiger partial charge is 0.492 e. The van der Waals surface area contributed by atoms with E-state index in [-0.39, 0.29) is 11.9 Å². The summed E-state index contributed by atoms with van der Waals surface area (Å²) in [4.78, 5) is 19.7. The number of H-pyrrole nitrogens is 2. The molecule has 2 aromatic carbocycles. The van der Waals surface area contributed by atoms with Crippen molar-refractivity contribution < 1.29 is 13.9 Å². The predicted octanol–water partition coefficient (Wildman–Crippen LogP) is 7.56. The van der Waals surface area contributed by atoms with E-state index in [0.717, 1.165) is 65.8 Å². The number of hydrogen-bond acceptors (Lipinski definition) is 7. The highest BCUT2D eigenvalue weighted by molar-refractivity contribution is 5.97. The van der Waals surface area contributed by atoms with Gasteiger partial charge in [-0.1, -0.05) is 12.5 Å². The molecule has 46 heavy (non-hydrogen) atoms. The molecule has 0 amide bonds.